The topological polar surface area (TPSA) is 3.24 Å². The largest absolute Gasteiger partial charge is 0.374 e. The van der Waals surface area contributed by atoms with Gasteiger partial charge in [0, 0.05) is 19.3 Å². The maximum atomic E-state index is 2.35. The average Bonchev–Trinajstić information content (AvgIpc) is 2.04. The Morgan fingerprint density at radius 3 is 2.85 bits per heavy atom. The van der Waals surface area contributed by atoms with E-state index < -0.39 is 0 Å². The summed E-state index contributed by atoms with van der Waals surface area (Å²) in [6, 6.07) is 6.75. The van der Waals surface area contributed by atoms with Crippen LogP contribution in [0, 0.1) is 6.92 Å². The fraction of sp³-hybridized carbons (Fsp3) is 0.500. The molecular weight excluding hydrogens is 158 g/mol. The van der Waals surface area contributed by atoms with Crippen LogP contribution in [0.25, 0.3) is 0 Å². The second kappa shape index (κ2) is 3.82. The first-order valence-corrected chi connectivity index (χ1v) is 4.58. The zero-order valence-electron chi connectivity index (χ0n) is 7.80. The van der Waals surface area contributed by atoms with E-state index in [9.17, 15) is 0 Å². The van der Waals surface area contributed by atoms with Crippen LogP contribution in [-0.2, 0) is 6.42 Å². The highest BCUT2D eigenvalue weighted by atomic mass is 15.1. The molecule has 0 unspecified atom stereocenters. The highest BCUT2D eigenvalue weighted by Crippen LogP contribution is 2.26. The molecule has 1 heterocycles. The van der Waals surface area contributed by atoms with Gasteiger partial charge >= 0.3 is 0 Å². The van der Waals surface area contributed by atoms with E-state index in [1.54, 1.807) is 0 Å². The molecule has 72 valence electrons. The van der Waals surface area contributed by atoms with Gasteiger partial charge in [0.15, 0.2) is 0 Å². The standard InChI is InChI=1S/C11H15N.CH4/c1-9-5-6-11-10(8-9)4-3-7-12(11)2;/h5-6,8H,3-4,7H2,1-2H3;1H4. The number of benzene rings is 1. The molecule has 0 fully saturated rings. The molecule has 0 N–H and O–H groups in total. The number of nitrogens with zero attached hydrogens (tertiary/aromatic N) is 1. The molecule has 0 bridgehead atoms. The van der Waals surface area contributed by atoms with E-state index in [4.69, 9.17) is 0 Å². The smallest absolute Gasteiger partial charge is 0.0396 e. The predicted molar refractivity (Wildman–Crippen MR) is 59.5 cm³/mol. The lowest BCUT2D eigenvalue weighted by atomic mass is 10.0. The number of fused-ring (bicyclic) bond motifs is 1. The van der Waals surface area contributed by atoms with Gasteiger partial charge in [0.2, 0.25) is 0 Å². The van der Waals surface area contributed by atoms with E-state index >= 15 is 0 Å². The molecule has 1 nitrogen and oxygen atoms in total. The molecule has 0 saturated carbocycles. The summed E-state index contributed by atoms with van der Waals surface area (Å²) in [6.45, 7) is 3.37. The molecule has 0 spiro atoms. The monoisotopic (exact) mass is 177 g/mol. The van der Waals surface area contributed by atoms with Crippen LogP contribution >= 0.6 is 0 Å². The summed E-state index contributed by atoms with van der Waals surface area (Å²) < 4.78 is 0. The van der Waals surface area contributed by atoms with Gasteiger partial charge in [0.05, 0.1) is 0 Å². The van der Waals surface area contributed by atoms with E-state index in [0.717, 1.165) is 0 Å². The Balaban J connectivity index is 0.000000845. The third-order valence-corrected chi connectivity index (χ3v) is 2.59. The Hall–Kier alpha value is -0.980. The molecule has 0 saturated heterocycles. The van der Waals surface area contributed by atoms with Crippen molar-refractivity contribution in [1.82, 2.24) is 0 Å². The van der Waals surface area contributed by atoms with Crippen LogP contribution in [0.15, 0.2) is 18.2 Å². The molecule has 1 heteroatoms. The highest BCUT2D eigenvalue weighted by Gasteiger charge is 2.12. The van der Waals surface area contributed by atoms with Crippen molar-refractivity contribution in [3.8, 4) is 0 Å². The minimum atomic E-state index is 0. The van der Waals surface area contributed by atoms with E-state index in [2.05, 4.69) is 37.1 Å². The summed E-state index contributed by atoms with van der Waals surface area (Å²) in [5.41, 5.74) is 4.32. The van der Waals surface area contributed by atoms with Crippen LogP contribution in [0.5, 0.6) is 0 Å². The Labute approximate surface area is 81.4 Å². The van der Waals surface area contributed by atoms with Crippen molar-refractivity contribution in [2.45, 2.75) is 27.2 Å². The fourth-order valence-electron chi connectivity index (χ4n) is 1.91. The SMILES string of the molecule is C.Cc1ccc2c(c1)CCCN2C. The van der Waals surface area contributed by atoms with E-state index in [0.29, 0.717) is 0 Å². The van der Waals surface area contributed by atoms with Crippen molar-refractivity contribution in [3.05, 3.63) is 29.3 Å². The van der Waals surface area contributed by atoms with Gasteiger partial charge in [-0.1, -0.05) is 25.1 Å². The van der Waals surface area contributed by atoms with Gasteiger partial charge in [0.25, 0.3) is 0 Å². The number of rotatable bonds is 0. The van der Waals surface area contributed by atoms with E-state index in [-0.39, 0.29) is 7.43 Å². The quantitative estimate of drug-likeness (QED) is 0.589. The van der Waals surface area contributed by atoms with E-state index in [1.807, 2.05) is 0 Å². The first kappa shape index (κ1) is 10.1. The summed E-state index contributed by atoms with van der Waals surface area (Å²) in [5.74, 6) is 0. The van der Waals surface area contributed by atoms with Crippen molar-refractivity contribution >= 4 is 5.69 Å². The Morgan fingerprint density at radius 2 is 2.08 bits per heavy atom. The predicted octanol–water partition coefficient (Wildman–Crippen LogP) is 3.01. The average molecular weight is 177 g/mol. The Morgan fingerprint density at radius 1 is 1.31 bits per heavy atom. The maximum Gasteiger partial charge on any atom is 0.0396 e. The number of hydrogen-bond donors (Lipinski definition) is 0. The fourth-order valence-corrected chi connectivity index (χ4v) is 1.91. The second-order valence-electron chi connectivity index (χ2n) is 3.66. The molecule has 1 aliphatic heterocycles. The summed E-state index contributed by atoms with van der Waals surface area (Å²) in [6.07, 6.45) is 2.55. The normalized spacial score (nSPS) is 14.8. The van der Waals surface area contributed by atoms with Gasteiger partial charge in [-0.3, -0.25) is 0 Å². The summed E-state index contributed by atoms with van der Waals surface area (Å²) in [4.78, 5) is 2.35. The molecular formula is C12H19N. The Bertz CT molecular complexity index is 291. The molecule has 13 heavy (non-hydrogen) atoms. The van der Waals surface area contributed by atoms with Crippen LogP contribution < -0.4 is 4.90 Å². The maximum absolute atomic E-state index is 2.35. The molecule has 1 aromatic rings. The number of anilines is 1. The van der Waals surface area contributed by atoms with Crippen LogP contribution in [0.2, 0.25) is 0 Å². The molecule has 0 aromatic heterocycles. The lowest BCUT2D eigenvalue weighted by Gasteiger charge is -2.27. The first-order valence-electron chi connectivity index (χ1n) is 4.58. The molecule has 1 aliphatic rings. The van der Waals surface area contributed by atoms with Crippen molar-refractivity contribution in [2.75, 3.05) is 18.5 Å². The van der Waals surface area contributed by atoms with Crippen molar-refractivity contribution < 1.29 is 0 Å². The van der Waals surface area contributed by atoms with Crippen molar-refractivity contribution in [2.24, 2.45) is 0 Å². The lowest BCUT2D eigenvalue weighted by molar-refractivity contribution is 0.744. The zero-order valence-corrected chi connectivity index (χ0v) is 7.80. The van der Waals surface area contributed by atoms with Gasteiger partial charge in [-0.05, 0) is 31.4 Å². The summed E-state index contributed by atoms with van der Waals surface area (Å²) >= 11 is 0. The number of hydrogen-bond acceptors (Lipinski definition) is 1. The van der Waals surface area contributed by atoms with Crippen LogP contribution in [0.3, 0.4) is 0 Å². The van der Waals surface area contributed by atoms with Gasteiger partial charge in [-0.25, -0.2) is 0 Å². The molecule has 1 aromatic carbocycles. The minimum absolute atomic E-state index is 0. The van der Waals surface area contributed by atoms with Gasteiger partial charge in [-0.15, -0.1) is 0 Å². The van der Waals surface area contributed by atoms with Crippen LogP contribution in [0.1, 0.15) is 25.0 Å². The molecule has 2 rings (SSSR count). The molecule has 0 radical (unpaired) electrons. The van der Waals surface area contributed by atoms with Crippen molar-refractivity contribution in [3.63, 3.8) is 0 Å². The van der Waals surface area contributed by atoms with Crippen LogP contribution in [0.4, 0.5) is 5.69 Å². The van der Waals surface area contributed by atoms with Gasteiger partial charge < -0.3 is 4.90 Å². The van der Waals surface area contributed by atoms with E-state index in [1.165, 1.54) is 36.2 Å². The molecule has 0 amide bonds. The minimum Gasteiger partial charge on any atom is -0.374 e. The summed E-state index contributed by atoms with van der Waals surface area (Å²) in [5, 5.41) is 0. The number of aryl methyl sites for hydroxylation is 2. The summed E-state index contributed by atoms with van der Waals surface area (Å²) in [7, 11) is 2.17. The molecule has 0 atom stereocenters. The second-order valence-corrected chi connectivity index (χ2v) is 3.66. The third kappa shape index (κ3) is 1.85. The Kier molecular flexibility index (Phi) is 2.97. The third-order valence-electron chi connectivity index (χ3n) is 2.59. The van der Waals surface area contributed by atoms with Gasteiger partial charge in [0.1, 0.15) is 0 Å². The lowest BCUT2D eigenvalue weighted by Crippen LogP contribution is -2.24. The van der Waals surface area contributed by atoms with Gasteiger partial charge in [-0.2, -0.15) is 0 Å². The first-order chi connectivity index (χ1) is 5.77. The van der Waals surface area contributed by atoms with Crippen molar-refractivity contribution in [1.29, 1.82) is 0 Å². The zero-order chi connectivity index (χ0) is 8.55. The van der Waals surface area contributed by atoms with Crippen LogP contribution in [-0.4, -0.2) is 13.6 Å². The molecule has 0 aliphatic carbocycles. The highest BCUT2D eigenvalue weighted by molar-refractivity contribution is 5.55.